The second-order valence-corrected chi connectivity index (χ2v) is 6.71. The van der Waals surface area contributed by atoms with Gasteiger partial charge in [-0.25, -0.2) is 0 Å². The zero-order valence-electron chi connectivity index (χ0n) is 13.6. The summed E-state index contributed by atoms with van der Waals surface area (Å²) in [5.41, 5.74) is 2.69. The molecule has 4 rings (SSSR count). The second kappa shape index (κ2) is 6.40. The highest BCUT2D eigenvalue weighted by Crippen LogP contribution is 2.35. The van der Waals surface area contributed by atoms with E-state index in [2.05, 4.69) is 4.98 Å². The van der Waals surface area contributed by atoms with Crippen LogP contribution in [0.15, 0.2) is 85.1 Å². The van der Waals surface area contributed by atoms with Crippen LogP contribution in [-0.2, 0) is 12.0 Å². The monoisotopic (exact) mass is 347 g/mol. The van der Waals surface area contributed by atoms with Crippen LogP contribution in [0.3, 0.4) is 0 Å². The third-order valence-corrected chi connectivity index (χ3v) is 4.91. The van der Waals surface area contributed by atoms with Gasteiger partial charge in [-0.15, -0.1) is 0 Å². The van der Waals surface area contributed by atoms with Gasteiger partial charge in [0.25, 0.3) is 0 Å². The molecule has 0 aliphatic carbocycles. The number of aromatic amines is 1. The first-order valence-electron chi connectivity index (χ1n) is 8.26. The van der Waals surface area contributed by atoms with E-state index in [9.17, 15) is 5.11 Å². The summed E-state index contributed by atoms with van der Waals surface area (Å²) in [6.45, 7) is 0. The van der Waals surface area contributed by atoms with Crippen molar-refractivity contribution in [1.29, 1.82) is 0 Å². The van der Waals surface area contributed by atoms with Gasteiger partial charge in [-0.2, -0.15) is 0 Å². The number of rotatable bonds is 4. The molecular formula is C22H18ClNO. The van der Waals surface area contributed by atoms with Gasteiger partial charge in [0.15, 0.2) is 0 Å². The number of hydrogen-bond donors (Lipinski definition) is 2. The molecule has 1 aromatic heterocycles. The highest BCUT2D eigenvalue weighted by Gasteiger charge is 2.32. The van der Waals surface area contributed by atoms with Crippen LogP contribution < -0.4 is 0 Å². The predicted octanol–water partition coefficient (Wildman–Crippen LogP) is 5.30. The molecule has 2 nitrogen and oxygen atoms in total. The van der Waals surface area contributed by atoms with Crippen molar-refractivity contribution in [3.05, 3.63) is 107 Å². The third kappa shape index (κ3) is 2.95. The zero-order valence-corrected chi connectivity index (χ0v) is 14.4. The molecule has 124 valence electrons. The summed E-state index contributed by atoms with van der Waals surface area (Å²) in [4.78, 5) is 3.27. The highest BCUT2D eigenvalue weighted by atomic mass is 35.5. The first-order valence-corrected chi connectivity index (χ1v) is 8.63. The Kier molecular flexibility index (Phi) is 4.08. The third-order valence-electron chi connectivity index (χ3n) is 4.68. The normalized spacial score (nSPS) is 11.8. The average Bonchev–Trinajstić information content (AvgIpc) is 3.05. The van der Waals surface area contributed by atoms with Crippen molar-refractivity contribution in [2.24, 2.45) is 0 Å². The molecule has 0 spiro atoms. The van der Waals surface area contributed by atoms with E-state index in [4.69, 9.17) is 11.6 Å². The summed E-state index contributed by atoms with van der Waals surface area (Å²) >= 11 is 6.18. The van der Waals surface area contributed by atoms with Gasteiger partial charge in [-0.05, 0) is 34.9 Å². The number of aromatic nitrogens is 1. The number of fused-ring (bicyclic) bond motifs is 1. The first kappa shape index (κ1) is 15.9. The molecule has 4 aromatic rings. The van der Waals surface area contributed by atoms with Crippen LogP contribution in [0.25, 0.3) is 10.9 Å². The fraction of sp³-hybridized carbons (Fsp3) is 0.0909. The van der Waals surface area contributed by atoms with Gasteiger partial charge in [0.1, 0.15) is 5.60 Å². The molecule has 0 atom stereocenters. The zero-order chi connectivity index (χ0) is 17.3. The molecule has 0 saturated heterocycles. The smallest absolute Gasteiger partial charge is 0.119 e. The fourth-order valence-electron chi connectivity index (χ4n) is 3.37. The van der Waals surface area contributed by atoms with Gasteiger partial charge in [0.2, 0.25) is 0 Å². The molecule has 3 heteroatoms. The molecule has 0 saturated carbocycles. The first-order chi connectivity index (χ1) is 12.2. The maximum Gasteiger partial charge on any atom is 0.119 e. The minimum atomic E-state index is -1.11. The van der Waals surface area contributed by atoms with Crippen LogP contribution in [0.5, 0.6) is 0 Å². The fourth-order valence-corrected chi connectivity index (χ4v) is 3.54. The van der Waals surface area contributed by atoms with Crippen molar-refractivity contribution in [2.45, 2.75) is 12.0 Å². The maximum atomic E-state index is 11.7. The molecule has 0 amide bonds. The standard InChI is InChI=1S/C22H18ClNO/c23-19-11-12-21-20(13-19)16(15-24-21)14-22(25,17-7-3-1-4-8-17)18-9-5-2-6-10-18/h1-13,15,24-25H,14H2. The quantitative estimate of drug-likeness (QED) is 0.516. The number of nitrogens with one attached hydrogen (secondary N) is 1. The summed E-state index contributed by atoms with van der Waals surface area (Å²) in [5.74, 6) is 0. The van der Waals surface area contributed by atoms with Crippen LogP contribution in [0.2, 0.25) is 5.02 Å². The highest BCUT2D eigenvalue weighted by molar-refractivity contribution is 6.31. The van der Waals surface area contributed by atoms with E-state index in [-0.39, 0.29) is 0 Å². The Bertz CT molecular complexity index is 953. The van der Waals surface area contributed by atoms with Gasteiger partial charge in [-0.1, -0.05) is 72.3 Å². The molecule has 0 fully saturated rings. The molecule has 0 bridgehead atoms. The van der Waals surface area contributed by atoms with Gasteiger partial charge in [-0.3, -0.25) is 0 Å². The molecule has 3 aromatic carbocycles. The SMILES string of the molecule is OC(Cc1c[nH]c2ccc(Cl)cc12)(c1ccccc1)c1ccccc1. The molecule has 2 N–H and O–H groups in total. The van der Waals surface area contributed by atoms with Gasteiger partial charge < -0.3 is 10.1 Å². The van der Waals surface area contributed by atoms with E-state index in [1.807, 2.05) is 85.1 Å². The van der Waals surface area contributed by atoms with Crippen LogP contribution in [-0.4, -0.2) is 10.1 Å². The minimum absolute atomic E-state index is 0.460. The lowest BCUT2D eigenvalue weighted by Gasteiger charge is -2.29. The Morgan fingerprint density at radius 3 is 2.04 bits per heavy atom. The van der Waals surface area contributed by atoms with E-state index in [1.165, 1.54) is 0 Å². The van der Waals surface area contributed by atoms with E-state index in [0.29, 0.717) is 11.4 Å². The molecule has 0 radical (unpaired) electrons. The number of halogens is 1. The topological polar surface area (TPSA) is 36.0 Å². The number of aliphatic hydroxyl groups is 1. The molecule has 25 heavy (non-hydrogen) atoms. The summed E-state index contributed by atoms with van der Waals surface area (Å²) in [7, 11) is 0. The van der Waals surface area contributed by atoms with E-state index in [0.717, 1.165) is 27.6 Å². The molecular weight excluding hydrogens is 330 g/mol. The van der Waals surface area contributed by atoms with Crippen molar-refractivity contribution in [2.75, 3.05) is 0 Å². The van der Waals surface area contributed by atoms with Crippen molar-refractivity contribution in [3.63, 3.8) is 0 Å². The Labute approximate surface area is 151 Å². The summed E-state index contributed by atoms with van der Waals surface area (Å²) in [6, 6.07) is 25.4. The van der Waals surface area contributed by atoms with Crippen molar-refractivity contribution in [3.8, 4) is 0 Å². The van der Waals surface area contributed by atoms with Crippen molar-refractivity contribution >= 4 is 22.5 Å². The predicted molar refractivity (Wildman–Crippen MR) is 103 cm³/mol. The Morgan fingerprint density at radius 1 is 0.840 bits per heavy atom. The molecule has 1 heterocycles. The Hall–Kier alpha value is -2.55. The Morgan fingerprint density at radius 2 is 1.44 bits per heavy atom. The lowest BCUT2D eigenvalue weighted by Crippen LogP contribution is -2.30. The van der Waals surface area contributed by atoms with Crippen LogP contribution in [0.1, 0.15) is 16.7 Å². The lowest BCUT2D eigenvalue weighted by molar-refractivity contribution is 0.0815. The van der Waals surface area contributed by atoms with Crippen molar-refractivity contribution in [1.82, 2.24) is 4.98 Å². The van der Waals surface area contributed by atoms with E-state index < -0.39 is 5.60 Å². The summed E-state index contributed by atoms with van der Waals surface area (Å²) in [5, 5.41) is 13.4. The summed E-state index contributed by atoms with van der Waals surface area (Å²) < 4.78 is 0. The van der Waals surface area contributed by atoms with Gasteiger partial charge >= 0.3 is 0 Å². The molecule has 0 unspecified atom stereocenters. The largest absolute Gasteiger partial charge is 0.380 e. The average molecular weight is 348 g/mol. The van der Waals surface area contributed by atoms with Gasteiger partial charge in [0.05, 0.1) is 0 Å². The Balaban J connectivity index is 1.85. The summed E-state index contributed by atoms with van der Waals surface area (Å²) in [6.07, 6.45) is 2.42. The maximum absolute atomic E-state index is 11.7. The molecule has 0 aliphatic heterocycles. The number of H-pyrrole nitrogens is 1. The van der Waals surface area contributed by atoms with E-state index in [1.54, 1.807) is 0 Å². The van der Waals surface area contributed by atoms with Crippen LogP contribution in [0, 0.1) is 0 Å². The minimum Gasteiger partial charge on any atom is -0.380 e. The van der Waals surface area contributed by atoms with Crippen LogP contribution >= 0.6 is 11.6 Å². The number of hydrogen-bond acceptors (Lipinski definition) is 1. The van der Waals surface area contributed by atoms with Crippen LogP contribution in [0.4, 0.5) is 0 Å². The molecule has 0 aliphatic rings. The van der Waals surface area contributed by atoms with E-state index >= 15 is 0 Å². The second-order valence-electron chi connectivity index (χ2n) is 6.27. The lowest BCUT2D eigenvalue weighted by atomic mass is 9.81. The number of benzene rings is 3. The van der Waals surface area contributed by atoms with Gasteiger partial charge in [0, 0.05) is 28.5 Å². The van der Waals surface area contributed by atoms with Crippen molar-refractivity contribution < 1.29 is 5.11 Å².